The zero-order valence-electron chi connectivity index (χ0n) is 25.9. The fourth-order valence-corrected chi connectivity index (χ4v) is 4.38. The van der Waals surface area contributed by atoms with Gasteiger partial charge in [-0.05, 0) is 83.5 Å². The van der Waals surface area contributed by atoms with E-state index in [9.17, 15) is 9.59 Å². The van der Waals surface area contributed by atoms with Crippen LogP contribution in [-0.2, 0) is 14.3 Å². The number of ether oxygens (including phenoxy) is 1. The number of rotatable bonds is 28. The third-order valence-electron chi connectivity index (χ3n) is 6.75. The van der Waals surface area contributed by atoms with Crippen molar-refractivity contribution in [2.75, 3.05) is 0 Å². The normalized spacial score (nSPS) is 13.1. The summed E-state index contributed by atoms with van der Waals surface area (Å²) in [6.07, 6.45) is 42.3. The molecule has 0 bridgehead atoms. The molecule has 0 aliphatic rings. The van der Waals surface area contributed by atoms with Gasteiger partial charge in [-0.1, -0.05) is 113 Å². The lowest BCUT2D eigenvalue weighted by Crippen LogP contribution is -2.18. The fourth-order valence-electron chi connectivity index (χ4n) is 4.38. The van der Waals surface area contributed by atoms with Crippen LogP contribution in [0.15, 0.2) is 60.8 Å². The highest BCUT2D eigenvalue weighted by molar-refractivity contribution is 5.69. The molecule has 228 valence electrons. The monoisotopic (exact) mass is 556 g/mol. The molecule has 0 aromatic rings. The van der Waals surface area contributed by atoms with Crippen molar-refractivity contribution in [2.24, 2.45) is 0 Å². The molecule has 0 saturated heterocycles. The number of esters is 1. The standard InChI is InChI=1S/C36H60O4/c1-3-5-7-9-11-12-13-14-15-16-17-18-19-20-21-22-23-25-27-33-36(39)40-34(31-28-29-32-35(37)38)30-26-24-10-8-6-4-2/h5,7,11-12,14-15,17-18,20-21,34H,3-4,6,8-10,13,16,19,22-33H2,1-2H3,(H,37,38)/b7-5-,12-11-,15-14-,18-17-,21-20-. The molecule has 0 rings (SSSR count). The molecule has 0 aliphatic heterocycles. The minimum Gasteiger partial charge on any atom is -0.481 e. The quantitative estimate of drug-likeness (QED) is 0.0591. The van der Waals surface area contributed by atoms with Crippen molar-refractivity contribution in [2.45, 2.75) is 155 Å². The number of allylic oxidation sites excluding steroid dienone is 10. The summed E-state index contributed by atoms with van der Waals surface area (Å²) in [6, 6.07) is 0. The van der Waals surface area contributed by atoms with Crippen LogP contribution in [0, 0.1) is 0 Å². The van der Waals surface area contributed by atoms with Crippen molar-refractivity contribution in [3.05, 3.63) is 60.8 Å². The first kappa shape index (κ1) is 37.6. The van der Waals surface area contributed by atoms with Gasteiger partial charge in [0.25, 0.3) is 0 Å². The molecular weight excluding hydrogens is 496 g/mol. The van der Waals surface area contributed by atoms with E-state index in [1.54, 1.807) is 0 Å². The Morgan fingerprint density at radius 3 is 1.62 bits per heavy atom. The Morgan fingerprint density at radius 2 is 1.05 bits per heavy atom. The maximum absolute atomic E-state index is 12.4. The molecule has 4 nitrogen and oxygen atoms in total. The summed E-state index contributed by atoms with van der Waals surface area (Å²) in [5, 5.41) is 8.86. The van der Waals surface area contributed by atoms with Crippen LogP contribution in [0.2, 0.25) is 0 Å². The van der Waals surface area contributed by atoms with Crippen LogP contribution in [0.5, 0.6) is 0 Å². The predicted molar refractivity (Wildman–Crippen MR) is 172 cm³/mol. The molecule has 40 heavy (non-hydrogen) atoms. The van der Waals surface area contributed by atoms with Crippen molar-refractivity contribution < 1.29 is 19.4 Å². The lowest BCUT2D eigenvalue weighted by atomic mass is 10.0. The SMILES string of the molecule is CC/C=C\C/C=C\C/C=C\C/C=C\C/C=C\CCCCCC(=O)OC(CCCCCCCC)CCCCC(=O)O. The summed E-state index contributed by atoms with van der Waals surface area (Å²) in [5.41, 5.74) is 0. The van der Waals surface area contributed by atoms with Crippen LogP contribution in [0.3, 0.4) is 0 Å². The first-order valence-electron chi connectivity index (χ1n) is 16.3. The van der Waals surface area contributed by atoms with E-state index in [-0.39, 0.29) is 18.5 Å². The number of hydrogen-bond donors (Lipinski definition) is 1. The van der Waals surface area contributed by atoms with Crippen molar-refractivity contribution in [3.8, 4) is 0 Å². The summed E-state index contributed by atoms with van der Waals surface area (Å²) >= 11 is 0. The third kappa shape index (κ3) is 30.2. The van der Waals surface area contributed by atoms with Crippen molar-refractivity contribution >= 4 is 11.9 Å². The molecule has 0 aromatic heterocycles. The minimum absolute atomic E-state index is 0.0613. The van der Waals surface area contributed by atoms with E-state index in [1.807, 2.05) is 0 Å². The Labute approximate surface area is 246 Å². The van der Waals surface area contributed by atoms with Crippen LogP contribution in [-0.4, -0.2) is 23.1 Å². The molecule has 4 heteroatoms. The van der Waals surface area contributed by atoms with Gasteiger partial charge in [0.2, 0.25) is 0 Å². The molecular formula is C36H60O4. The van der Waals surface area contributed by atoms with Gasteiger partial charge >= 0.3 is 11.9 Å². The van der Waals surface area contributed by atoms with E-state index in [2.05, 4.69) is 74.6 Å². The predicted octanol–water partition coefficient (Wildman–Crippen LogP) is 11.0. The molecule has 1 N–H and O–H groups in total. The molecule has 0 radical (unpaired) electrons. The van der Waals surface area contributed by atoms with Gasteiger partial charge in [-0.25, -0.2) is 0 Å². The van der Waals surface area contributed by atoms with Gasteiger partial charge in [0.05, 0.1) is 0 Å². The topological polar surface area (TPSA) is 63.6 Å². The second-order valence-electron chi connectivity index (χ2n) is 10.6. The Kier molecular flexibility index (Phi) is 29.3. The number of carboxylic acid groups (broad SMARTS) is 1. The largest absolute Gasteiger partial charge is 0.481 e. The highest BCUT2D eigenvalue weighted by atomic mass is 16.5. The van der Waals surface area contributed by atoms with Crippen LogP contribution in [0.1, 0.15) is 149 Å². The summed E-state index contributed by atoms with van der Waals surface area (Å²) in [5.74, 6) is -0.849. The average molecular weight is 557 g/mol. The molecule has 0 spiro atoms. The summed E-state index contributed by atoms with van der Waals surface area (Å²) in [4.78, 5) is 23.2. The third-order valence-corrected chi connectivity index (χ3v) is 6.75. The Hall–Kier alpha value is -2.36. The van der Waals surface area contributed by atoms with Gasteiger partial charge in [0.15, 0.2) is 0 Å². The van der Waals surface area contributed by atoms with Gasteiger partial charge in [0.1, 0.15) is 6.10 Å². The zero-order chi connectivity index (χ0) is 29.4. The number of unbranched alkanes of at least 4 members (excludes halogenated alkanes) is 9. The summed E-state index contributed by atoms with van der Waals surface area (Å²) < 4.78 is 5.80. The smallest absolute Gasteiger partial charge is 0.306 e. The molecule has 1 unspecified atom stereocenters. The Balaban J connectivity index is 3.93. The van der Waals surface area contributed by atoms with E-state index in [0.717, 1.165) is 83.5 Å². The number of carbonyl (C=O) groups is 2. The Bertz CT molecular complexity index is 729. The first-order chi connectivity index (χ1) is 19.6. The minimum atomic E-state index is -0.756. The average Bonchev–Trinajstić information content (AvgIpc) is 2.93. The zero-order valence-corrected chi connectivity index (χ0v) is 25.9. The highest BCUT2D eigenvalue weighted by Crippen LogP contribution is 2.17. The lowest BCUT2D eigenvalue weighted by Gasteiger charge is -2.18. The summed E-state index contributed by atoms with van der Waals surface area (Å²) in [7, 11) is 0. The van der Waals surface area contributed by atoms with Crippen LogP contribution in [0.25, 0.3) is 0 Å². The molecule has 0 aliphatic carbocycles. The summed E-state index contributed by atoms with van der Waals surface area (Å²) in [6.45, 7) is 4.37. The second kappa shape index (κ2) is 31.2. The van der Waals surface area contributed by atoms with Gasteiger partial charge in [-0.2, -0.15) is 0 Å². The van der Waals surface area contributed by atoms with Crippen molar-refractivity contribution in [1.29, 1.82) is 0 Å². The van der Waals surface area contributed by atoms with E-state index in [0.29, 0.717) is 12.8 Å². The molecule has 0 saturated carbocycles. The number of aliphatic carboxylic acids is 1. The van der Waals surface area contributed by atoms with E-state index in [1.165, 1.54) is 32.1 Å². The van der Waals surface area contributed by atoms with Crippen LogP contribution < -0.4 is 0 Å². The van der Waals surface area contributed by atoms with Gasteiger partial charge < -0.3 is 9.84 Å². The molecule has 0 heterocycles. The number of carbonyl (C=O) groups excluding carboxylic acids is 1. The van der Waals surface area contributed by atoms with E-state index < -0.39 is 5.97 Å². The number of carboxylic acids is 1. The lowest BCUT2D eigenvalue weighted by molar-refractivity contribution is -0.150. The Morgan fingerprint density at radius 1 is 0.575 bits per heavy atom. The molecule has 1 atom stereocenters. The van der Waals surface area contributed by atoms with E-state index in [4.69, 9.17) is 9.84 Å². The molecule has 0 amide bonds. The van der Waals surface area contributed by atoms with Gasteiger partial charge in [-0.15, -0.1) is 0 Å². The van der Waals surface area contributed by atoms with E-state index >= 15 is 0 Å². The second-order valence-corrected chi connectivity index (χ2v) is 10.6. The maximum Gasteiger partial charge on any atom is 0.306 e. The fraction of sp³-hybridized carbons (Fsp3) is 0.667. The highest BCUT2D eigenvalue weighted by Gasteiger charge is 2.14. The van der Waals surface area contributed by atoms with Crippen molar-refractivity contribution in [1.82, 2.24) is 0 Å². The molecule has 0 fully saturated rings. The van der Waals surface area contributed by atoms with Crippen molar-refractivity contribution in [3.63, 3.8) is 0 Å². The first-order valence-corrected chi connectivity index (χ1v) is 16.3. The van der Waals surface area contributed by atoms with Gasteiger partial charge in [0, 0.05) is 12.8 Å². The molecule has 0 aromatic carbocycles. The maximum atomic E-state index is 12.4. The van der Waals surface area contributed by atoms with Gasteiger partial charge in [-0.3, -0.25) is 9.59 Å². The van der Waals surface area contributed by atoms with Crippen LogP contribution >= 0.6 is 0 Å². The van der Waals surface area contributed by atoms with Crippen LogP contribution in [0.4, 0.5) is 0 Å². The number of hydrogen-bond acceptors (Lipinski definition) is 3.